The molecule has 1 aliphatic carbocycles. The molecular weight excluding hydrogens is 524 g/mol. The number of rotatable bonds is 5. The Morgan fingerprint density at radius 1 is 0.805 bits per heavy atom. The summed E-state index contributed by atoms with van der Waals surface area (Å²) in [5.74, 6) is 0. The van der Waals surface area contributed by atoms with Gasteiger partial charge >= 0.3 is 0 Å². The van der Waals surface area contributed by atoms with Crippen LogP contribution in [0.1, 0.15) is 47.6 Å². The van der Waals surface area contributed by atoms with Gasteiger partial charge in [0.25, 0.3) is 5.56 Å². The molecule has 1 unspecified atom stereocenters. The van der Waals surface area contributed by atoms with Crippen molar-refractivity contribution in [3.8, 4) is 0 Å². The first-order chi connectivity index (χ1) is 19.8. The van der Waals surface area contributed by atoms with Crippen LogP contribution < -0.4 is 24.7 Å². The van der Waals surface area contributed by atoms with Gasteiger partial charge in [-0.05, 0) is 90.4 Å². The third-order valence-corrected chi connectivity index (χ3v) is 8.97. The highest BCUT2D eigenvalue weighted by molar-refractivity contribution is 7.07. The molecule has 5 nitrogen and oxygen atoms in total. The van der Waals surface area contributed by atoms with Gasteiger partial charge in [-0.25, -0.2) is 4.99 Å². The number of nitrogens with zero attached hydrogens (tertiary/aromatic N) is 4. The topological polar surface area (TPSA) is 40.8 Å². The highest BCUT2D eigenvalue weighted by atomic mass is 32.1. The second-order valence-electron chi connectivity index (χ2n) is 11.4. The van der Waals surface area contributed by atoms with Gasteiger partial charge in [-0.3, -0.25) is 9.36 Å². The van der Waals surface area contributed by atoms with Crippen LogP contribution >= 0.6 is 11.3 Å². The minimum atomic E-state index is -0.169. The summed E-state index contributed by atoms with van der Waals surface area (Å²) in [6.45, 7) is 2.07. The molecule has 0 amide bonds. The van der Waals surface area contributed by atoms with Gasteiger partial charge in [-0.15, -0.1) is 0 Å². The third-order valence-electron chi connectivity index (χ3n) is 7.98. The van der Waals surface area contributed by atoms with Crippen LogP contribution in [0.2, 0.25) is 0 Å². The van der Waals surface area contributed by atoms with Crippen LogP contribution in [0.25, 0.3) is 12.2 Å². The maximum absolute atomic E-state index is 14.0. The normalized spacial score (nSPS) is 17.7. The zero-order valence-electron chi connectivity index (χ0n) is 24.4. The predicted octanol–water partition coefficient (Wildman–Crippen LogP) is 5.92. The summed E-state index contributed by atoms with van der Waals surface area (Å²) in [5, 5.41) is 0. The number of allylic oxidation sites excluding steroid dienone is 2. The highest BCUT2D eigenvalue weighted by Crippen LogP contribution is 2.41. The second kappa shape index (κ2) is 11.0. The Morgan fingerprint density at radius 3 is 2.02 bits per heavy atom. The largest absolute Gasteiger partial charge is 0.378 e. The zero-order chi connectivity index (χ0) is 28.7. The molecule has 0 spiro atoms. The molecule has 3 aromatic carbocycles. The Labute approximate surface area is 245 Å². The summed E-state index contributed by atoms with van der Waals surface area (Å²) >= 11 is 1.49. The summed E-state index contributed by atoms with van der Waals surface area (Å²) < 4.78 is 2.65. The van der Waals surface area contributed by atoms with E-state index in [9.17, 15) is 4.79 Å². The molecule has 4 aromatic rings. The summed E-state index contributed by atoms with van der Waals surface area (Å²) in [4.78, 5) is 24.2. The summed E-state index contributed by atoms with van der Waals surface area (Å²) in [6.07, 6.45) is 7.22. The number of anilines is 2. The molecule has 0 saturated carbocycles. The molecule has 0 N–H and O–H groups in total. The first-order valence-electron chi connectivity index (χ1n) is 14.2. The van der Waals surface area contributed by atoms with Crippen molar-refractivity contribution in [1.82, 2.24) is 4.57 Å². The summed E-state index contributed by atoms with van der Waals surface area (Å²) in [7, 11) is 8.21. The molecule has 1 aliphatic heterocycles. The molecule has 6 heteroatoms. The van der Waals surface area contributed by atoms with Gasteiger partial charge in [0, 0.05) is 39.6 Å². The molecule has 1 aromatic heterocycles. The smallest absolute Gasteiger partial charge is 0.271 e. The van der Waals surface area contributed by atoms with Gasteiger partial charge in [-0.2, -0.15) is 0 Å². The lowest BCUT2D eigenvalue weighted by Gasteiger charge is -2.31. The number of fused-ring (bicyclic) bond motifs is 1. The lowest BCUT2D eigenvalue weighted by molar-refractivity contribution is 0.553. The van der Waals surface area contributed by atoms with Crippen molar-refractivity contribution in [3.05, 3.63) is 132 Å². The Balaban J connectivity index is 1.53. The average molecular weight is 561 g/mol. The van der Waals surface area contributed by atoms with Gasteiger partial charge in [0.1, 0.15) is 0 Å². The lowest BCUT2D eigenvalue weighted by Crippen LogP contribution is -2.39. The van der Waals surface area contributed by atoms with Crippen molar-refractivity contribution in [3.63, 3.8) is 0 Å². The van der Waals surface area contributed by atoms with Crippen molar-refractivity contribution in [1.29, 1.82) is 0 Å². The van der Waals surface area contributed by atoms with E-state index in [1.54, 1.807) is 0 Å². The standard InChI is InChI=1S/C35H36N4OS/c1-23-9-11-25(12-10-23)22-31-34(40)39-33(26-15-19-29(20-16-26)38(4)5)30-8-6-7-27(32(30)36-35(39)41-31)21-24-13-17-28(18-14-24)37(2)3/h9-22,33H,6-8H2,1-5H3. The molecule has 0 fully saturated rings. The Hall–Kier alpha value is -4.16. The van der Waals surface area contributed by atoms with Gasteiger partial charge < -0.3 is 9.80 Å². The fraction of sp³-hybridized carbons (Fsp3) is 0.257. The average Bonchev–Trinajstić information content (AvgIpc) is 3.28. The van der Waals surface area contributed by atoms with Crippen LogP contribution in [0.4, 0.5) is 11.4 Å². The molecular formula is C35H36N4OS. The van der Waals surface area contributed by atoms with E-state index < -0.39 is 0 Å². The summed E-state index contributed by atoms with van der Waals surface area (Å²) in [5.41, 5.74) is 10.4. The number of aromatic nitrogens is 1. The molecule has 0 bridgehead atoms. The van der Waals surface area contributed by atoms with E-state index in [0.717, 1.165) is 46.6 Å². The summed E-state index contributed by atoms with van der Waals surface area (Å²) in [6, 6.07) is 25.4. The minimum absolute atomic E-state index is 0.0259. The van der Waals surface area contributed by atoms with E-state index in [-0.39, 0.29) is 11.6 Å². The lowest BCUT2D eigenvalue weighted by atomic mass is 9.83. The highest BCUT2D eigenvalue weighted by Gasteiger charge is 2.32. The Bertz CT molecular complexity index is 1820. The number of hydrogen-bond donors (Lipinski definition) is 0. The Kier molecular flexibility index (Phi) is 7.26. The fourth-order valence-electron chi connectivity index (χ4n) is 5.70. The molecule has 0 radical (unpaired) electrons. The van der Waals surface area contributed by atoms with Crippen LogP contribution in [-0.4, -0.2) is 32.8 Å². The van der Waals surface area contributed by atoms with Gasteiger partial charge in [0.05, 0.1) is 16.3 Å². The molecule has 41 heavy (non-hydrogen) atoms. The quantitative estimate of drug-likeness (QED) is 0.304. The van der Waals surface area contributed by atoms with Crippen molar-refractivity contribution >= 4 is 34.9 Å². The SMILES string of the molecule is Cc1ccc(C=c2sc3n(c2=O)C(c2ccc(N(C)C)cc2)C2=C(N=3)C(=Cc3ccc(N(C)C)cc3)CCC2)cc1. The number of aryl methyl sites for hydroxylation is 1. The number of benzene rings is 3. The second-order valence-corrected chi connectivity index (χ2v) is 12.4. The van der Waals surface area contributed by atoms with Crippen LogP contribution in [0.3, 0.4) is 0 Å². The molecule has 2 heterocycles. The van der Waals surface area contributed by atoms with Crippen LogP contribution in [0, 0.1) is 6.92 Å². The van der Waals surface area contributed by atoms with Gasteiger partial charge in [0.15, 0.2) is 4.80 Å². The minimum Gasteiger partial charge on any atom is -0.378 e. The maximum Gasteiger partial charge on any atom is 0.271 e. The van der Waals surface area contributed by atoms with Crippen molar-refractivity contribution in [2.24, 2.45) is 4.99 Å². The first-order valence-corrected chi connectivity index (χ1v) is 15.0. The molecule has 0 saturated heterocycles. The maximum atomic E-state index is 14.0. The molecule has 6 rings (SSSR count). The van der Waals surface area contributed by atoms with Crippen molar-refractivity contribution < 1.29 is 0 Å². The first kappa shape index (κ1) is 27.0. The van der Waals surface area contributed by atoms with E-state index in [4.69, 9.17) is 4.99 Å². The van der Waals surface area contributed by atoms with E-state index in [1.165, 1.54) is 39.3 Å². The fourth-order valence-corrected chi connectivity index (χ4v) is 6.70. The van der Waals surface area contributed by atoms with Crippen LogP contribution in [0.5, 0.6) is 0 Å². The number of hydrogen-bond acceptors (Lipinski definition) is 5. The molecule has 1 atom stereocenters. The Morgan fingerprint density at radius 2 is 1.39 bits per heavy atom. The van der Waals surface area contributed by atoms with Gasteiger partial charge in [0.2, 0.25) is 0 Å². The van der Waals surface area contributed by atoms with Crippen molar-refractivity contribution in [2.45, 2.75) is 32.2 Å². The van der Waals surface area contributed by atoms with Crippen LogP contribution in [0.15, 0.2) is 99.4 Å². The van der Waals surface area contributed by atoms with Crippen molar-refractivity contribution in [2.75, 3.05) is 38.0 Å². The van der Waals surface area contributed by atoms with E-state index in [2.05, 4.69) is 110 Å². The zero-order valence-corrected chi connectivity index (χ0v) is 25.2. The van der Waals surface area contributed by atoms with Crippen LogP contribution in [-0.2, 0) is 0 Å². The molecule has 2 aliphatic rings. The third kappa shape index (κ3) is 5.32. The van der Waals surface area contributed by atoms with Gasteiger partial charge in [-0.1, -0.05) is 65.4 Å². The monoisotopic (exact) mass is 560 g/mol. The number of thiazole rings is 1. The van der Waals surface area contributed by atoms with E-state index in [1.807, 2.05) is 24.7 Å². The van der Waals surface area contributed by atoms with E-state index in [0.29, 0.717) is 4.53 Å². The van der Waals surface area contributed by atoms with E-state index >= 15 is 0 Å². The predicted molar refractivity (Wildman–Crippen MR) is 173 cm³/mol. The molecule has 208 valence electrons.